The SMILES string of the molecule is O=c1[nH]c2c(F)c(F)cc(-c3cnc4c(cnn4CC(F)F)n3)c2o1. The number of aromatic nitrogens is 5. The smallest absolute Gasteiger partial charge is 0.407 e. The number of fused-ring (bicyclic) bond motifs is 2. The average molecular weight is 353 g/mol. The largest absolute Gasteiger partial charge is 0.417 e. The van der Waals surface area contributed by atoms with Crippen molar-refractivity contribution >= 4 is 22.3 Å². The quantitative estimate of drug-likeness (QED) is 0.572. The van der Waals surface area contributed by atoms with Gasteiger partial charge in [0.2, 0.25) is 0 Å². The van der Waals surface area contributed by atoms with E-state index < -0.39 is 35.9 Å². The summed E-state index contributed by atoms with van der Waals surface area (Å²) in [5.74, 6) is -3.43. The van der Waals surface area contributed by atoms with E-state index in [-0.39, 0.29) is 28.0 Å². The van der Waals surface area contributed by atoms with E-state index in [4.69, 9.17) is 4.42 Å². The van der Waals surface area contributed by atoms with E-state index in [1.165, 1.54) is 12.4 Å². The van der Waals surface area contributed by atoms with Crippen molar-refractivity contribution in [2.45, 2.75) is 13.0 Å². The van der Waals surface area contributed by atoms with Gasteiger partial charge in [0.25, 0.3) is 6.43 Å². The lowest BCUT2D eigenvalue weighted by Crippen LogP contribution is -2.08. The normalized spacial score (nSPS) is 11.9. The topological polar surface area (TPSA) is 89.6 Å². The maximum absolute atomic E-state index is 13.8. The number of benzene rings is 1. The first kappa shape index (κ1) is 15.3. The second-order valence-corrected chi connectivity index (χ2v) is 5.12. The van der Waals surface area contributed by atoms with Crippen LogP contribution in [0.3, 0.4) is 0 Å². The van der Waals surface area contributed by atoms with E-state index >= 15 is 0 Å². The van der Waals surface area contributed by atoms with Gasteiger partial charge in [-0.25, -0.2) is 37.0 Å². The Morgan fingerprint density at radius 3 is 2.84 bits per heavy atom. The van der Waals surface area contributed by atoms with Crippen LogP contribution in [-0.2, 0) is 6.54 Å². The summed E-state index contributed by atoms with van der Waals surface area (Å²) < 4.78 is 58.4. The van der Waals surface area contributed by atoms with Crippen LogP contribution in [0.4, 0.5) is 17.6 Å². The van der Waals surface area contributed by atoms with Crippen molar-refractivity contribution in [1.29, 1.82) is 0 Å². The van der Waals surface area contributed by atoms with Crippen molar-refractivity contribution in [2.75, 3.05) is 0 Å². The first-order valence-corrected chi connectivity index (χ1v) is 6.92. The van der Waals surface area contributed by atoms with Gasteiger partial charge in [-0.05, 0) is 6.07 Å². The minimum Gasteiger partial charge on any atom is -0.407 e. The molecule has 4 rings (SSSR count). The van der Waals surface area contributed by atoms with Crippen LogP contribution in [0.25, 0.3) is 33.5 Å². The second kappa shape index (κ2) is 5.40. The molecule has 0 atom stereocenters. The standard InChI is InChI=1S/C14H7F4N5O2/c15-6-1-5(12-11(10(6)18)22-14(24)25-12)7-2-19-13-8(21-7)3-20-23(13)4-9(16)17/h1-3,9H,4H2,(H,22,24). The van der Waals surface area contributed by atoms with Gasteiger partial charge >= 0.3 is 5.76 Å². The molecule has 4 aromatic rings. The van der Waals surface area contributed by atoms with Gasteiger partial charge in [0.15, 0.2) is 22.9 Å². The Balaban J connectivity index is 1.92. The fourth-order valence-corrected chi connectivity index (χ4v) is 2.49. The molecule has 128 valence electrons. The highest BCUT2D eigenvalue weighted by Gasteiger charge is 2.20. The van der Waals surface area contributed by atoms with E-state index in [1.807, 2.05) is 0 Å². The molecule has 7 nitrogen and oxygen atoms in total. The Kier molecular flexibility index (Phi) is 3.30. The van der Waals surface area contributed by atoms with Gasteiger partial charge < -0.3 is 4.42 Å². The van der Waals surface area contributed by atoms with Crippen LogP contribution in [0.15, 0.2) is 27.7 Å². The highest BCUT2D eigenvalue weighted by atomic mass is 19.3. The first-order valence-electron chi connectivity index (χ1n) is 6.92. The van der Waals surface area contributed by atoms with Crippen LogP contribution < -0.4 is 5.76 Å². The number of hydrogen-bond donors (Lipinski definition) is 1. The fourth-order valence-electron chi connectivity index (χ4n) is 2.49. The van der Waals surface area contributed by atoms with Crippen molar-refractivity contribution in [1.82, 2.24) is 24.7 Å². The third kappa shape index (κ3) is 2.44. The molecule has 0 radical (unpaired) electrons. The lowest BCUT2D eigenvalue weighted by Gasteiger charge is -2.04. The molecule has 3 aromatic heterocycles. The zero-order chi connectivity index (χ0) is 17.7. The molecule has 25 heavy (non-hydrogen) atoms. The highest BCUT2D eigenvalue weighted by Crippen LogP contribution is 2.30. The Bertz CT molecular complexity index is 1160. The van der Waals surface area contributed by atoms with Gasteiger partial charge in [0, 0.05) is 0 Å². The molecular formula is C14H7F4N5O2. The lowest BCUT2D eigenvalue weighted by atomic mass is 10.1. The number of aromatic amines is 1. The fraction of sp³-hybridized carbons (Fsp3) is 0.143. The number of H-pyrrole nitrogens is 1. The van der Waals surface area contributed by atoms with Gasteiger partial charge in [-0.2, -0.15) is 5.10 Å². The van der Waals surface area contributed by atoms with Gasteiger partial charge in [-0.1, -0.05) is 0 Å². The second-order valence-electron chi connectivity index (χ2n) is 5.12. The molecule has 0 saturated carbocycles. The molecule has 0 fully saturated rings. The Morgan fingerprint density at radius 2 is 2.08 bits per heavy atom. The number of oxazole rings is 1. The predicted molar refractivity (Wildman–Crippen MR) is 77.1 cm³/mol. The molecule has 1 aromatic carbocycles. The molecule has 0 spiro atoms. The zero-order valence-electron chi connectivity index (χ0n) is 12.1. The van der Waals surface area contributed by atoms with E-state index in [1.54, 1.807) is 0 Å². The summed E-state index contributed by atoms with van der Waals surface area (Å²) >= 11 is 0. The van der Waals surface area contributed by atoms with E-state index in [0.29, 0.717) is 0 Å². The van der Waals surface area contributed by atoms with Gasteiger partial charge in [0.1, 0.15) is 17.6 Å². The molecule has 0 bridgehead atoms. The highest BCUT2D eigenvalue weighted by molar-refractivity contribution is 5.90. The maximum atomic E-state index is 13.8. The Labute approximate surface area is 134 Å². The molecule has 1 N–H and O–H groups in total. The van der Waals surface area contributed by atoms with Crippen LogP contribution in [0.2, 0.25) is 0 Å². The minimum absolute atomic E-state index is 0.0109. The number of hydrogen-bond acceptors (Lipinski definition) is 5. The third-order valence-corrected chi connectivity index (χ3v) is 3.52. The predicted octanol–water partition coefficient (Wildman–Crippen LogP) is 2.47. The van der Waals surface area contributed by atoms with Crippen molar-refractivity contribution in [3.63, 3.8) is 0 Å². The molecule has 0 aliphatic carbocycles. The molecule has 0 amide bonds. The average Bonchev–Trinajstić information content (AvgIpc) is 3.14. The monoisotopic (exact) mass is 353 g/mol. The molecule has 3 heterocycles. The molecule has 0 saturated heterocycles. The Hall–Kier alpha value is -3.24. The summed E-state index contributed by atoms with van der Waals surface area (Å²) in [5, 5.41) is 3.77. The summed E-state index contributed by atoms with van der Waals surface area (Å²) in [7, 11) is 0. The van der Waals surface area contributed by atoms with E-state index in [0.717, 1.165) is 10.7 Å². The van der Waals surface area contributed by atoms with Gasteiger partial charge in [-0.15, -0.1) is 0 Å². The van der Waals surface area contributed by atoms with Crippen LogP contribution >= 0.6 is 0 Å². The molecule has 0 aliphatic heterocycles. The summed E-state index contributed by atoms with van der Waals surface area (Å²) in [6.07, 6.45) is -0.228. The molecular weight excluding hydrogens is 346 g/mol. The summed E-state index contributed by atoms with van der Waals surface area (Å²) in [6.45, 7) is -0.653. The van der Waals surface area contributed by atoms with Gasteiger partial charge in [0.05, 0.1) is 23.7 Å². The number of nitrogens with one attached hydrogen (secondary N) is 1. The van der Waals surface area contributed by atoms with Crippen LogP contribution in [0, 0.1) is 11.6 Å². The van der Waals surface area contributed by atoms with Crippen LogP contribution in [-0.4, -0.2) is 31.2 Å². The van der Waals surface area contributed by atoms with Crippen molar-refractivity contribution < 1.29 is 22.0 Å². The van der Waals surface area contributed by atoms with Crippen molar-refractivity contribution in [3.8, 4) is 11.3 Å². The van der Waals surface area contributed by atoms with E-state index in [9.17, 15) is 22.4 Å². The van der Waals surface area contributed by atoms with Crippen LogP contribution in [0.1, 0.15) is 0 Å². The molecule has 11 heteroatoms. The summed E-state index contributed by atoms with van der Waals surface area (Å²) in [6, 6.07) is 0.813. The number of nitrogens with zero attached hydrogens (tertiary/aromatic N) is 4. The van der Waals surface area contributed by atoms with Gasteiger partial charge in [-0.3, -0.25) is 4.98 Å². The maximum Gasteiger partial charge on any atom is 0.417 e. The lowest BCUT2D eigenvalue weighted by molar-refractivity contribution is 0.123. The Morgan fingerprint density at radius 1 is 1.28 bits per heavy atom. The summed E-state index contributed by atoms with van der Waals surface area (Å²) in [4.78, 5) is 21.5. The molecule has 0 aliphatic rings. The third-order valence-electron chi connectivity index (χ3n) is 3.52. The zero-order valence-corrected chi connectivity index (χ0v) is 12.1. The molecule has 0 unspecified atom stereocenters. The van der Waals surface area contributed by atoms with Crippen molar-refractivity contribution in [2.24, 2.45) is 0 Å². The summed E-state index contributed by atoms with van der Waals surface area (Å²) in [5.41, 5.74) is -0.320. The minimum atomic E-state index is -2.62. The number of halogens is 4. The number of alkyl halides is 2. The van der Waals surface area contributed by atoms with Crippen LogP contribution in [0.5, 0.6) is 0 Å². The number of rotatable bonds is 3. The first-order chi connectivity index (χ1) is 11.9. The van der Waals surface area contributed by atoms with Crippen molar-refractivity contribution in [3.05, 3.63) is 40.6 Å². The van der Waals surface area contributed by atoms with E-state index in [2.05, 4.69) is 20.1 Å².